The summed E-state index contributed by atoms with van der Waals surface area (Å²) in [4.78, 5) is 4.95. The Hall–Kier alpha value is -1.91. The van der Waals surface area contributed by atoms with Gasteiger partial charge in [0.25, 0.3) is 0 Å². The highest BCUT2D eigenvalue weighted by molar-refractivity contribution is 7.98. The van der Waals surface area contributed by atoms with Gasteiger partial charge in [-0.05, 0) is 24.6 Å². The molecule has 1 aromatic carbocycles. The van der Waals surface area contributed by atoms with Crippen LogP contribution in [0.15, 0.2) is 34.6 Å². The second-order valence-corrected chi connectivity index (χ2v) is 9.23. The Kier molecular flexibility index (Phi) is 5.35. The van der Waals surface area contributed by atoms with E-state index in [-0.39, 0.29) is 4.90 Å². The Morgan fingerprint density at radius 2 is 2.04 bits per heavy atom. The Morgan fingerprint density at radius 3 is 2.65 bits per heavy atom. The molecule has 2 heterocycles. The Labute approximate surface area is 157 Å². The van der Waals surface area contributed by atoms with Gasteiger partial charge in [0, 0.05) is 27.7 Å². The van der Waals surface area contributed by atoms with Crippen molar-refractivity contribution in [3.63, 3.8) is 0 Å². The number of benzene rings is 1. The molecule has 0 fully saturated rings. The number of imidazole rings is 1. The van der Waals surface area contributed by atoms with E-state index < -0.39 is 10.0 Å². The summed E-state index contributed by atoms with van der Waals surface area (Å²) in [5.41, 5.74) is 1.63. The van der Waals surface area contributed by atoms with Crippen LogP contribution in [0.5, 0.6) is 0 Å². The van der Waals surface area contributed by atoms with E-state index in [1.165, 1.54) is 18.4 Å². The lowest BCUT2D eigenvalue weighted by atomic mass is 10.3. The van der Waals surface area contributed by atoms with Gasteiger partial charge in [0.15, 0.2) is 5.16 Å². The van der Waals surface area contributed by atoms with Crippen molar-refractivity contribution in [3.05, 3.63) is 30.4 Å². The number of thioether (sulfide) groups is 1. The van der Waals surface area contributed by atoms with E-state index in [1.807, 2.05) is 17.7 Å². The minimum atomic E-state index is -3.48. The Bertz CT molecular complexity index is 1020. The van der Waals surface area contributed by atoms with Crippen molar-refractivity contribution in [2.45, 2.75) is 35.7 Å². The Balaban J connectivity index is 2.00. The van der Waals surface area contributed by atoms with Crippen molar-refractivity contribution < 1.29 is 8.42 Å². The summed E-state index contributed by atoms with van der Waals surface area (Å²) in [7, 11) is 1.47. The predicted molar refractivity (Wildman–Crippen MR) is 101 cm³/mol. The van der Waals surface area contributed by atoms with Gasteiger partial charge < -0.3 is 9.13 Å². The van der Waals surface area contributed by atoms with Gasteiger partial charge in [-0.3, -0.25) is 0 Å². The second kappa shape index (κ2) is 7.37. The van der Waals surface area contributed by atoms with Gasteiger partial charge in [-0.15, -0.1) is 10.2 Å². The predicted octanol–water partition coefficient (Wildman–Crippen LogP) is 2.12. The molecule has 3 aromatic rings. The summed E-state index contributed by atoms with van der Waals surface area (Å²) in [5.74, 6) is 1.53. The number of aryl methyl sites for hydroxylation is 2. The maximum atomic E-state index is 12.4. The summed E-state index contributed by atoms with van der Waals surface area (Å²) in [6.07, 6.45) is 2.63. The molecule has 0 bridgehead atoms. The quantitative estimate of drug-likeness (QED) is 0.571. The Morgan fingerprint density at radius 1 is 1.27 bits per heavy atom. The number of hydrogen-bond acceptors (Lipinski definition) is 6. The molecule has 2 aromatic heterocycles. The lowest BCUT2D eigenvalue weighted by Gasteiger charge is -2.11. The van der Waals surface area contributed by atoms with Gasteiger partial charge in [-0.1, -0.05) is 18.7 Å². The normalized spacial score (nSPS) is 12.3. The van der Waals surface area contributed by atoms with Crippen molar-refractivity contribution in [3.8, 4) is 0 Å². The van der Waals surface area contributed by atoms with E-state index >= 15 is 0 Å². The zero-order valence-corrected chi connectivity index (χ0v) is 16.9. The zero-order chi connectivity index (χ0) is 18.9. The summed E-state index contributed by atoms with van der Waals surface area (Å²) < 4.78 is 30.0. The average molecular weight is 395 g/mol. The largest absolute Gasteiger partial charge is 0.327 e. The first kappa shape index (κ1) is 18.9. The van der Waals surface area contributed by atoms with Crippen LogP contribution in [0.3, 0.4) is 0 Å². The number of fused-ring (bicyclic) bond motifs is 1. The van der Waals surface area contributed by atoms with Crippen LogP contribution in [-0.4, -0.2) is 51.1 Å². The summed E-state index contributed by atoms with van der Waals surface area (Å²) >= 11 is 1.56. The molecule has 0 unspecified atom stereocenters. The van der Waals surface area contributed by atoms with Crippen LogP contribution in [0.25, 0.3) is 11.0 Å². The monoisotopic (exact) mass is 394 g/mol. The summed E-state index contributed by atoms with van der Waals surface area (Å²) in [6.45, 7) is 2.93. The molecule has 0 spiro atoms. The fourth-order valence-corrected chi connectivity index (χ4v) is 4.40. The molecule has 10 heteroatoms. The fraction of sp³-hybridized carbons (Fsp3) is 0.438. The molecule has 3 rings (SSSR count). The maximum absolute atomic E-state index is 12.4. The fourth-order valence-electron chi connectivity index (χ4n) is 2.65. The van der Waals surface area contributed by atoms with Gasteiger partial charge in [0.1, 0.15) is 12.2 Å². The topological polar surface area (TPSA) is 85.9 Å². The third kappa shape index (κ3) is 3.49. The first-order valence-corrected chi connectivity index (χ1v) is 10.7. The van der Waals surface area contributed by atoms with E-state index in [1.54, 1.807) is 30.2 Å². The van der Waals surface area contributed by atoms with Crippen molar-refractivity contribution in [2.75, 3.05) is 14.1 Å². The molecule has 0 aliphatic heterocycles. The van der Waals surface area contributed by atoms with Crippen LogP contribution in [0, 0.1) is 0 Å². The van der Waals surface area contributed by atoms with Crippen molar-refractivity contribution in [2.24, 2.45) is 7.05 Å². The second-order valence-electron chi connectivity index (χ2n) is 6.13. The number of aromatic nitrogens is 5. The first-order chi connectivity index (χ1) is 12.3. The van der Waals surface area contributed by atoms with Gasteiger partial charge >= 0.3 is 0 Å². The van der Waals surface area contributed by atoms with Crippen molar-refractivity contribution in [1.82, 2.24) is 28.6 Å². The summed E-state index contributed by atoms with van der Waals surface area (Å²) in [5, 5.41) is 8.78. The lowest BCUT2D eigenvalue weighted by Crippen LogP contribution is -2.22. The highest BCUT2D eigenvalue weighted by atomic mass is 32.2. The molecule has 26 heavy (non-hydrogen) atoms. The molecule has 0 radical (unpaired) electrons. The molecule has 140 valence electrons. The zero-order valence-electron chi connectivity index (χ0n) is 15.2. The van der Waals surface area contributed by atoms with E-state index in [4.69, 9.17) is 4.98 Å². The van der Waals surface area contributed by atoms with Crippen LogP contribution in [0.2, 0.25) is 0 Å². The molecule has 0 aliphatic carbocycles. The van der Waals surface area contributed by atoms with E-state index in [0.29, 0.717) is 11.3 Å². The molecule has 8 nitrogen and oxygen atoms in total. The number of nitrogens with zero attached hydrogens (tertiary/aromatic N) is 6. The van der Waals surface area contributed by atoms with Crippen molar-refractivity contribution in [1.29, 1.82) is 0 Å². The smallest absolute Gasteiger partial charge is 0.242 e. The minimum Gasteiger partial charge on any atom is -0.327 e. The number of sulfonamides is 1. The van der Waals surface area contributed by atoms with Gasteiger partial charge in [0.05, 0.1) is 21.7 Å². The lowest BCUT2D eigenvalue weighted by molar-refractivity contribution is 0.521. The van der Waals surface area contributed by atoms with Crippen molar-refractivity contribution >= 4 is 32.8 Å². The molecular weight excluding hydrogens is 372 g/mol. The van der Waals surface area contributed by atoms with Gasteiger partial charge in [0.2, 0.25) is 10.0 Å². The third-order valence-electron chi connectivity index (χ3n) is 4.02. The molecule has 0 N–H and O–H groups in total. The van der Waals surface area contributed by atoms with E-state index in [0.717, 1.165) is 29.5 Å². The average Bonchev–Trinajstić information content (AvgIpc) is 3.16. The van der Waals surface area contributed by atoms with Gasteiger partial charge in [-0.2, -0.15) is 0 Å². The minimum absolute atomic E-state index is 0.253. The van der Waals surface area contributed by atoms with Crippen LogP contribution in [0.1, 0.15) is 19.2 Å². The summed E-state index contributed by atoms with van der Waals surface area (Å²) in [6, 6.07) is 5.13. The SMILES string of the molecule is CCCn1c(CSc2nncn2C)nc2cc(S(=O)(=O)N(C)C)ccc21. The highest BCUT2D eigenvalue weighted by Crippen LogP contribution is 2.26. The molecule has 0 saturated carbocycles. The van der Waals surface area contributed by atoms with Gasteiger partial charge in [-0.25, -0.2) is 17.7 Å². The standard InChI is InChI=1S/C16H22N6O2S2/c1-5-8-22-14-7-6-12(26(23,24)20(2)3)9-13(14)18-15(22)10-25-16-19-17-11-21(16)4/h6-7,9,11H,5,8,10H2,1-4H3. The molecular formula is C16H22N6O2S2. The maximum Gasteiger partial charge on any atom is 0.242 e. The molecule has 0 amide bonds. The molecule has 0 atom stereocenters. The first-order valence-electron chi connectivity index (χ1n) is 8.23. The highest BCUT2D eigenvalue weighted by Gasteiger charge is 2.20. The van der Waals surface area contributed by atoms with E-state index in [9.17, 15) is 8.42 Å². The molecule has 0 aliphatic rings. The van der Waals surface area contributed by atoms with Crippen LogP contribution >= 0.6 is 11.8 Å². The van der Waals surface area contributed by atoms with Crippen LogP contribution < -0.4 is 0 Å². The number of hydrogen-bond donors (Lipinski definition) is 0. The van der Waals surface area contributed by atoms with E-state index in [2.05, 4.69) is 21.7 Å². The molecule has 0 saturated heterocycles. The number of rotatable bonds is 7. The van der Waals surface area contributed by atoms with Crippen LogP contribution in [0.4, 0.5) is 0 Å². The van der Waals surface area contributed by atoms with Crippen LogP contribution in [-0.2, 0) is 29.4 Å². The third-order valence-corrected chi connectivity index (χ3v) is 6.87.